The maximum atomic E-state index is 11.8. The third kappa shape index (κ3) is 2.27. The Labute approximate surface area is 101 Å². The van der Waals surface area contributed by atoms with Crippen molar-refractivity contribution in [3.63, 3.8) is 0 Å². The van der Waals surface area contributed by atoms with E-state index in [1.165, 1.54) is 0 Å². The molecule has 2 aromatic heterocycles. The monoisotopic (exact) mass is 280 g/mol. The largest absolute Gasteiger partial charge is 0.307 e. The molecule has 16 heavy (non-hydrogen) atoms. The molecule has 0 aliphatic carbocycles. The lowest BCUT2D eigenvalue weighted by Crippen LogP contribution is -2.14. The number of hydrogen-bond donors (Lipinski definition) is 1. The number of hydrogen-bond acceptors (Lipinski definition) is 3. The van der Waals surface area contributed by atoms with Crippen LogP contribution in [-0.2, 0) is 7.05 Å². The van der Waals surface area contributed by atoms with Crippen molar-refractivity contribution >= 4 is 27.7 Å². The summed E-state index contributed by atoms with van der Waals surface area (Å²) in [5, 5.41) is 6.71. The summed E-state index contributed by atoms with van der Waals surface area (Å²) in [5.41, 5.74) is 0.545. The van der Waals surface area contributed by atoms with E-state index in [0.717, 1.165) is 0 Å². The van der Waals surface area contributed by atoms with Gasteiger partial charge in [-0.3, -0.25) is 9.48 Å². The van der Waals surface area contributed by atoms with Gasteiger partial charge in [0.05, 0.1) is 6.20 Å². The molecule has 0 radical (unpaired) electrons. The van der Waals surface area contributed by atoms with E-state index in [-0.39, 0.29) is 5.91 Å². The highest BCUT2D eigenvalue weighted by Gasteiger charge is 2.08. The van der Waals surface area contributed by atoms with Crippen LogP contribution in [0.15, 0.2) is 35.2 Å². The Bertz CT molecular complexity index is 523. The minimum Gasteiger partial charge on any atom is -0.307 e. The first kappa shape index (κ1) is 10.8. The van der Waals surface area contributed by atoms with E-state index in [1.807, 2.05) is 0 Å². The Morgan fingerprint density at radius 3 is 2.88 bits per heavy atom. The average Bonchev–Trinajstić information content (AvgIpc) is 2.64. The van der Waals surface area contributed by atoms with Crippen molar-refractivity contribution in [1.29, 1.82) is 0 Å². The van der Waals surface area contributed by atoms with Crippen LogP contribution in [0, 0.1) is 0 Å². The van der Waals surface area contributed by atoms with Gasteiger partial charge in [0.2, 0.25) is 0 Å². The Balaban J connectivity index is 2.18. The van der Waals surface area contributed by atoms with Gasteiger partial charge in [-0.25, -0.2) is 4.98 Å². The van der Waals surface area contributed by atoms with Crippen LogP contribution in [0.25, 0.3) is 0 Å². The second-order valence-electron chi connectivity index (χ2n) is 3.16. The zero-order valence-electron chi connectivity index (χ0n) is 8.51. The van der Waals surface area contributed by atoms with E-state index >= 15 is 0 Å². The maximum absolute atomic E-state index is 11.8. The highest BCUT2D eigenvalue weighted by Crippen LogP contribution is 2.11. The number of pyridine rings is 1. The molecule has 82 valence electrons. The van der Waals surface area contributed by atoms with Gasteiger partial charge in [0.1, 0.15) is 10.4 Å². The van der Waals surface area contributed by atoms with Crippen LogP contribution in [0.5, 0.6) is 0 Å². The number of aromatic nitrogens is 3. The SMILES string of the molecule is Cn1nccc1NC(=O)c1ccnc(Br)c1. The van der Waals surface area contributed by atoms with Gasteiger partial charge < -0.3 is 5.32 Å². The van der Waals surface area contributed by atoms with Crippen molar-refractivity contribution in [3.8, 4) is 0 Å². The third-order valence-electron chi connectivity index (χ3n) is 2.05. The molecule has 0 aromatic carbocycles. The summed E-state index contributed by atoms with van der Waals surface area (Å²) in [7, 11) is 1.76. The van der Waals surface area contributed by atoms with Gasteiger partial charge in [0.15, 0.2) is 0 Å². The molecule has 1 amide bonds. The summed E-state index contributed by atoms with van der Waals surface area (Å²) < 4.78 is 2.22. The van der Waals surface area contributed by atoms with Gasteiger partial charge in [-0.2, -0.15) is 5.10 Å². The van der Waals surface area contributed by atoms with E-state index in [9.17, 15) is 4.79 Å². The normalized spacial score (nSPS) is 10.1. The van der Waals surface area contributed by atoms with Crippen molar-refractivity contribution in [1.82, 2.24) is 14.8 Å². The van der Waals surface area contributed by atoms with E-state index in [0.29, 0.717) is 16.0 Å². The predicted molar refractivity (Wildman–Crippen MR) is 63.1 cm³/mol. The second-order valence-corrected chi connectivity index (χ2v) is 3.97. The van der Waals surface area contributed by atoms with Crippen LogP contribution in [-0.4, -0.2) is 20.7 Å². The molecule has 5 nitrogen and oxygen atoms in total. The van der Waals surface area contributed by atoms with Gasteiger partial charge in [-0.1, -0.05) is 0 Å². The summed E-state index contributed by atoms with van der Waals surface area (Å²) in [4.78, 5) is 15.8. The fraction of sp³-hybridized carbons (Fsp3) is 0.100. The number of amides is 1. The lowest BCUT2D eigenvalue weighted by molar-refractivity contribution is 0.102. The van der Waals surface area contributed by atoms with Crippen molar-refractivity contribution < 1.29 is 4.79 Å². The summed E-state index contributed by atoms with van der Waals surface area (Å²) >= 11 is 3.21. The summed E-state index contributed by atoms with van der Waals surface area (Å²) in [6.07, 6.45) is 3.19. The number of halogens is 1. The Morgan fingerprint density at radius 1 is 1.44 bits per heavy atom. The molecular formula is C10H9BrN4O. The average molecular weight is 281 g/mol. The number of anilines is 1. The second kappa shape index (κ2) is 4.44. The molecule has 0 aliphatic heterocycles. The quantitative estimate of drug-likeness (QED) is 0.854. The highest BCUT2D eigenvalue weighted by molar-refractivity contribution is 9.10. The molecule has 2 heterocycles. The Hall–Kier alpha value is -1.69. The van der Waals surface area contributed by atoms with Crippen molar-refractivity contribution in [3.05, 3.63) is 40.8 Å². The smallest absolute Gasteiger partial charge is 0.256 e. The van der Waals surface area contributed by atoms with Crippen LogP contribution in [0.2, 0.25) is 0 Å². The number of nitrogens with zero attached hydrogens (tertiary/aromatic N) is 3. The van der Waals surface area contributed by atoms with Crippen LogP contribution >= 0.6 is 15.9 Å². The molecule has 0 bridgehead atoms. The molecule has 0 saturated carbocycles. The summed E-state index contributed by atoms with van der Waals surface area (Å²) in [6, 6.07) is 5.04. The molecule has 2 rings (SSSR count). The fourth-order valence-electron chi connectivity index (χ4n) is 1.23. The highest BCUT2D eigenvalue weighted by atomic mass is 79.9. The fourth-order valence-corrected chi connectivity index (χ4v) is 1.59. The van der Waals surface area contributed by atoms with Crippen molar-refractivity contribution in [2.75, 3.05) is 5.32 Å². The zero-order chi connectivity index (χ0) is 11.5. The number of carbonyl (C=O) groups is 1. The molecule has 0 fully saturated rings. The van der Waals surface area contributed by atoms with Crippen LogP contribution < -0.4 is 5.32 Å². The van der Waals surface area contributed by atoms with Gasteiger partial charge >= 0.3 is 0 Å². The van der Waals surface area contributed by atoms with Gasteiger partial charge in [0.25, 0.3) is 5.91 Å². The molecule has 0 atom stereocenters. The van der Waals surface area contributed by atoms with E-state index in [1.54, 1.807) is 42.3 Å². The van der Waals surface area contributed by atoms with E-state index < -0.39 is 0 Å². The van der Waals surface area contributed by atoms with Crippen LogP contribution in [0.3, 0.4) is 0 Å². The topological polar surface area (TPSA) is 59.8 Å². The van der Waals surface area contributed by atoms with Crippen LogP contribution in [0.4, 0.5) is 5.82 Å². The van der Waals surface area contributed by atoms with E-state index in [2.05, 4.69) is 31.3 Å². The number of carbonyl (C=O) groups excluding carboxylic acids is 1. The van der Waals surface area contributed by atoms with Gasteiger partial charge in [-0.15, -0.1) is 0 Å². The predicted octanol–water partition coefficient (Wildman–Crippen LogP) is 1.83. The lowest BCUT2D eigenvalue weighted by atomic mass is 10.2. The standard InChI is InChI=1S/C10H9BrN4O/c1-15-9(3-5-13-15)14-10(16)7-2-4-12-8(11)6-7/h2-6H,1H3,(H,14,16). The zero-order valence-corrected chi connectivity index (χ0v) is 10.1. The lowest BCUT2D eigenvalue weighted by Gasteiger charge is -2.04. The molecule has 0 aliphatic rings. The first-order valence-electron chi connectivity index (χ1n) is 4.58. The first-order valence-corrected chi connectivity index (χ1v) is 5.37. The summed E-state index contributed by atoms with van der Waals surface area (Å²) in [5.74, 6) is 0.463. The van der Waals surface area contributed by atoms with Crippen LogP contribution in [0.1, 0.15) is 10.4 Å². The van der Waals surface area contributed by atoms with Crippen molar-refractivity contribution in [2.45, 2.75) is 0 Å². The minimum absolute atomic E-state index is 0.188. The Kier molecular flexibility index (Phi) is 3.00. The first-order chi connectivity index (χ1) is 7.66. The molecule has 2 aromatic rings. The molecular weight excluding hydrogens is 272 g/mol. The molecule has 0 spiro atoms. The molecule has 0 saturated heterocycles. The van der Waals surface area contributed by atoms with Crippen molar-refractivity contribution in [2.24, 2.45) is 7.05 Å². The third-order valence-corrected chi connectivity index (χ3v) is 2.48. The maximum Gasteiger partial charge on any atom is 0.256 e. The van der Waals surface area contributed by atoms with Gasteiger partial charge in [0, 0.05) is 24.9 Å². The van der Waals surface area contributed by atoms with E-state index in [4.69, 9.17) is 0 Å². The molecule has 1 N–H and O–H groups in total. The number of rotatable bonds is 2. The minimum atomic E-state index is -0.188. The molecule has 6 heteroatoms. The summed E-state index contributed by atoms with van der Waals surface area (Å²) in [6.45, 7) is 0. The number of aryl methyl sites for hydroxylation is 1. The number of nitrogens with one attached hydrogen (secondary N) is 1. The Morgan fingerprint density at radius 2 is 2.25 bits per heavy atom. The van der Waals surface area contributed by atoms with Gasteiger partial charge in [-0.05, 0) is 28.1 Å². The molecule has 0 unspecified atom stereocenters.